The Bertz CT molecular complexity index is 1060. The molecule has 0 bridgehead atoms. The zero-order chi connectivity index (χ0) is 20.8. The molecule has 148 valence electrons. The van der Waals surface area contributed by atoms with Gasteiger partial charge < -0.3 is 10.1 Å². The zero-order valence-electron chi connectivity index (χ0n) is 16.1. The molecule has 3 rings (SSSR count). The maximum atomic E-state index is 12.9. The molecule has 0 radical (unpaired) electrons. The quantitative estimate of drug-likeness (QED) is 0.629. The van der Waals surface area contributed by atoms with Crippen LogP contribution in [0.4, 0.5) is 0 Å². The fourth-order valence-electron chi connectivity index (χ4n) is 2.90. The summed E-state index contributed by atoms with van der Waals surface area (Å²) < 4.78 is 5.02. The van der Waals surface area contributed by atoms with E-state index in [1.54, 1.807) is 26.0 Å². The van der Waals surface area contributed by atoms with E-state index in [-0.39, 0.29) is 18.2 Å². The Morgan fingerprint density at radius 1 is 1.00 bits per heavy atom. The van der Waals surface area contributed by atoms with Gasteiger partial charge in [-0.25, -0.2) is 5.10 Å². The number of amides is 1. The van der Waals surface area contributed by atoms with Crippen molar-refractivity contribution >= 4 is 11.9 Å². The van der Waals surface area contributed by atoms with Crippen LogP contribution in [0.25, 0.3) is 22.4 Å². The van der Waals surface area contributed by atoms with Crippen LogP contribution in [0.15, 0.2) is 65.5 Å². The highest BCUT2D eigenvalue weighted by molar-refractivity contribution is 6.04. The molecule has 2 N–H and O–H groups in total. The molecule has 7 nitrogen and oxygen atoms in total. The number of aromatic nitrogens is 2. The lowest BCUT2D eigenvalue weighted by Crippen LogP contribution is -2.35. The van der Waals surface area contributed by atoms with Crippen molar-refractivity contribution in [2.45, 2.75) is 20.0 Å². The molecule has 0 aliphatic carbocycles. The first-order chi connectivity index (χ1) is 14.0. The molecule has 0 spiro atoms. The molecule has 2 aromatic carbocycles. The smallest absolute Gasteiger partial charge is 0.325 e. The number of nitrogens with one attached hydrogen (secondary N) is 2. The Kier molecular flexibility index (Phi) is 6.19. The van der Waals surface area contributed by atoms with Gasteiger partial charge in [-0.2, -0.15) is 5.10 Å². The number of rotatable bonds is 6. The Labute approximate surface area is 167 Å². The molecule has 0 aliphatic heterocycles. The van der Waals surface area contributed by atoms with Gasteiger partial charge in [0, 0.05) is 11.1 Å². The highest BCUT2D eigenvalue weighted by Gasteiger charge is 2.23. The first kappa shape index (κ1) is 20.0. The first-order valence-electron chi connectivity index (χ1n) is 9.18. The molecule has 0 fully saturated rings. The molecule has 0 saturated carbocycles. The van der Waals surface area contributed by atoms with E-state index in [9.17, 15) is 14.4 Å². The van der Waals surface area contributed by atoms with Crippen LogP contribution >= 0.6 is 0 Å². The monoisotopic (exact) mass is 391 g/mol. The van der Waals surface area contributed by atoms with Gasteiger partial charge in [0.05, 0.1) is 11.8 Å². The summed E-state index contributed by atoms with van der Waals surface area (Å²) in [5.41, 5.74) is 1.53. The van der Waals surface area contributed by atoms with Crippen LogP contribution < -0.4 is 10.9 Å². The van der Waals surface area contributed by atoms with Crippen molar-refractivity contribution in [1.29, 1.82) is 0 Å². The number of hydrogen-bond acceptors (Lipinski definition) is 5. The summed E-state index contributed by atoms with van der Waals surface area (Å²) in [5.74, 6) is -1.26. The van der Waals surface area contributed by atoms with Crippen molar-refractivity contribution in [2.75, 3.05) is 6.54 Å². The molecule has 29 heavy (non-hydrogen) atoms. The standard InChI is InChI=1S/C22H21N3O4/c1-14(2)29-17(26)13-23-21(27)19-18(15-9-5-3-6-10-15)20(24-25-22(19)28)16-11-7-4-8-12-16/h3-12,14H,13H2,1-2H3,(H,23,27)(H,25,28). The van der Waals surface area contributed by atoms with E-state index in [4.69, 9.17) is 4.74 Å². The number of aromatic amines is 1. The molecule has 0 atom stereocenters. The van der Waals surface area contributed by atoms with Crippen molar-refractivity contribution in [1.82, 2.24) is 15.5 Å². The van der Waals surface area contributed by atoms with Crippen LogP contribution in [0.2, 0.25) is 0 Å². The van der Waals surface area contributed by atoms with Crippen molar-refractivity contribution < 1.29 is 14.3 Å². The van der Waals surface area contributed by atoms with E-state index in [1.807, 2.05) is 48.5 Å². The third-order valence-corrected chi connectivity index (χ3v) is 4.08. The van der Waals surface area contributed by atoms with Crippen LogP contribution in [0.5, 0.6) is 0 Å². The van der Waals surface area contributed by atoms with Crippen molar-refractivity contribution in [2.24, 2.45) is 0 Å². The number of esters is 1. The highest BCUT2D eigenvalue weighted by Crippen LogP contribution is 2.31. The van der Waals surface area contributed by atoms with E-state index in [0.29, 0.717) is 16.8 Å². The molecule has 0 aliphatic rings. The molecular weight excluding hydrogens is 370 g/mol. The zero-order valence-corrected chi connectivity index (χ0v) is 16.1. The number of hydrogen-bond donors (Lipinski definition) is 2. The summed E-state index contributed by atoms with van der Waals surface area (Å²) in [4.78, 5) is 37.2. The third kappa shape index (κ3) is 4.76. The van der Waals surface area contributed by atoms with Crippen LogP contribution in [0.1, 0.15) is 24.2 Å². The van der Waals surface area contributed by atoms with Crippen molar-refractivity contribution in [3.63, 3.8) is 0 Å². The second kappa shape index (κ2) is 8.97. The van der Waals surface area contributed by atoms with E-state index in [2.05, 4.69) is 15.5 Å². The maximum Gasteiger partial charge on any atom is 0.325 e. The lowest BCUT2D eigenvalue weighted by molar-refractivity contribution is -0.146. The summed E-state index contributed by atoms with van der Waals surface area (Å²) in [6, 6.07) is 18.3. The number of carbonyl (C=O) groups excluding carboxylic acids is 2. The largest absolute Gasteiger partial charge is 0.462 e. The number of benzene rings is 2. The van der Waals surface area contributed by atoms with Gasteiger partial charge in [0.15, 0.2) is 0 Å². The summed E-state index contributed by atoms with van der Waals surface area (Å²) in [7, 11) is 0. The van der Waals surface area contributed by atoms with Gasteiger partial charge in [-0.15, -0.1) is 0 Å². The van der Waals surface area contributed by atoms with E-state index < -0.39 is 17.4 Å². The van der Waals surface area contributed by atoms with Gasteiger partial charge in [0.1, 0.15) is 12.1 Å². The van der Waals surface area contributed by atoms with Gasteiger partial charge in [0.25, 0.3) is 11.5 Å². The number of carbonyl (C=O) groups is 2. The van der Waals surface area contributed by atoms with Gasteiger partial charge in [-0.05, 0) is 19.4 Å². The predicted octanol–water partition coefficient (Wildman–Crippen LogP) is 2.79. The number of nitrogens with zero attached hydrogens (tertiary/aromatic N) is 1. The molecule has 3 aromatic rings. The number of H-pyrrole nitrogens is 1. The Balaban J connectivity index is 2.08. The topological polar surface area (TPSA) is 101 Å². The minimum Gasteiger partial charge on any atom is -0.462 e. The van der Waals surface area contributed by atoms with Gasteiger partial charge in [-0.3, -0.25) is 14.4 Å². The Hall–Kier alpha value is -3.74. The van der Waals surface area contributed by atoms with Gasteiger partial charge in [-0.1, -0.05) is 60.7 Å². The lowest BCUT2D eigenvalue weighted by atomic mass is 9.95. The Morgan fingerprint density at radius 2 is 1.59 bits per heavy atom. The fraction of sp³-hybridized carbons (Fsp3) is 0.182. The van der Waals surface area contributed by atoms with E-state index >= 15 is 0 Å². The van der Waals surface area contributed by atoms with E-state index in [1.165, 1.54) is 0 Å². The van der Waals surface area contributed by atoms with E-state index in [0.717, 1.165) is 5.56 Å². The maximum absolute atomic E-state index is 12.9. The minimum absolute atomic E-state index is 0.109. The highest BCUT2D eigenvalue weighted by atomic mass is 16.5. The summed E-state index contributed by atoms with van der Waals surface area (Å²) >= 11 is 0. The molecule has 0 saturated heterocycles. The van der Waals surface area contributed by atoms with Gasteiger partial charge in [0.2, 0.25) is 0 Å². The van der Waals surface area contributed by atoms with Crippen LogP contribution in [-0.4, -0.2) is 34.7 Å². The fourth-order valence-corrected chi connectivity index (χ4v) is 2.90. The van der Waals surface area contributed by atoms with Crippen LogP contribution in [0.3, 0.4) is 0 Å². The second-order valence-corrected chi connectivity index (χ2v) is 6.60. The number of ether oxygens (including phenoxy) is 1. The first-order valence-corrected chi connectivity index (χ1v) is 9.18. The SMILES string of the molecule is CC(C)OC(=O)CNC(=O)c1c(-c2ccccc2)c(-c2ccccc2)n[nH]c1=O. The minimum atomic E-state index is -0.676. The normalized spacial score (nSPS) is 10.6. The van der Waals surface area contributed by atoms with Crippen molar-refractivity contribution in [3.05, 3.63) is 76.6 Å². The molecular formula is C22H21N3O4. The average Bonchev–Trinajstić information content (AvgIpc) is 2.72. The molecule has 0 unspecified atom stereocenters. The van der Waals surface area contributed by atoms with Crippen molar-refractivity contribution in [3.8, 4) is 22.4 Å². The molecule has 7 heteroatoms. The Morgan fingerprint density at radius 3 is 2.17 bits per heavy atom. The van der Waals surface area contributed by atoms with Crippen LogP contribution in [-0.2, 0) is 9.53 Å². The second-order valence-electron chi connectivity index (χ2n) is 6.60. The predicted molar refractivity (Wildman–Crippen MR) is 109 cm³/mol. The summed E-state index contributed by atoms with van der Waals surface area (Å²) in [5, 5.41) is 9.06. The summed E-state index contributed by atoms with van der Waals surface area (Å²) in [6.07, 6.45) is -0.298. The molecule has 1 heterocycles. The molecule has 1 amide bonds. The molecule has 1 aromatic heterocycles. The average molecular weight is 391 g/mol. The third-order valence-electron chi connectivity index (χ3n) is 4.08. The van der Waals surface area contributed by atoms with Crippen LogP contribution in [0, 0.1) is 0 Å². The summed E-state index contributed by atoms with van der Waals surface area (Å²) in [6.45, 7) is 3.09. The van der Waals surface area contributed by atoms with Gasteiger partial charge >= 0.3 is 5.97 Å². The lowest BCUT2D eigenvalue weighted by Gasteiger charge is -2.14.